The number of methoxy groups -OCH3 is 1. The van der Waals surface area contributed by atoms with E-state index in [9.17, 15) is 19.2 Å². The van der Waals surface area contributed by atoms with Crippen LogP contribution in [-0.4, -0.2) is 59.0 Å². The molecule has 1 aliphatic rings. The molecule has 10 heteroatoms. The van der Waals surface area contributed by atoms with Gasteiger partial charge in [-0.3, -0.25) is 19.3 Å². The van der Waals surface area contributed by atoms with Gasteiger partial charge in [-0.15, -0.1) is 0 Å². The van der Waals surface area contributed by atoms with Crippen LogP contribution >= 0.6 is 11.8 Å². The number of hydrogen-bond acceptors (Lipinski definition) is 8. The highest BCUT2D eigenvalue weighted by molar-refractivity contribution is 8.18. The molecule has 0 radical (unpaired) electrons. The summed E-state index contributed by atoms with van der Waals surface area (Å²) >= 11 is 0.663. The van der Waals surface area contributed by atoms with Gasteiger partial charge in [0.2, 0.25) is 0 Å². The lowest BCUT2D eigenvalue weighted by Crippen LogP contribution is -2.35. The van der Waals surface area contributed by atoms with Crippen LogP contribution in [0.1, 0.15) is 26.3 Å². The van der Waals surface area contributed by atoms with Crippen molar-refractivity contribution in [3.63, 3.8) is 0 Å². The molecule has 1 aromatic rings. The summed E-state index contributed by atoms with van der Waals surface area (Å²) in [6, 6.07) is 4.80. The fraction of sp³-hybridized carbons (Fsp3) is 0.368. The molecule has 0 saturated carbocycles. The van der Waals surface area contributed by atoms with Gasteiger partial charge in [0.05, 0.1) is 18.1 Å². The molecular formula is C19H21NO8S. The molecule has 1 saturated heterocycles. The maximum absolute atomic E-state index is 12.6. The van der Waals surface area contributed by atoms with E-state index >= 15 is 0 Å². The van der Waals surface area contributed by atoms with Gasteiger partial charge in [0, 0.05) is 5.56 Å². The van der Waals surface area contributed by atoms with E-state index in [0.29, 0.717) is 17.3 Å². The van der Waals surface area contributed by atoms with E-state index in [0.717, 1.165) is 4.90 Å². The zero-order chi connectivity index (χ0) is 21.7. The summed E-state index contributed by atoms with van der Waals surface area (Å²) in [6.45, 7) is 4.19. The first kappa shape index (κ1) is 22.3. The summed E-state index contributed by atoms with van der Waals surface area (Å²) < 4.78 is 15.7. The maximum Gasteiger partial charge on any atom is 0.344 e. The third-order valence-corrected chi connectivity index (χ3v) is 4.59. The number of carboxylic acid groups (broad SMARTS) is 1. The number of carbonyl (C=O) groups is 4. The number of amides is 2. The summed E-state index contributed by atoms with van der Waals surface area (Å²) in [5.41, 5.74) is 0.354. The molecule has 1 fully saturated rings. The van der Waals surface area contributed by atoms with Crippen molar-refractivity contribution in [1.82, 2.24) is 4.90 Å². The molecule has 1 atom stereocenters. The predicted molar refractivity (Wildman–Crippen MR) is 105 cm³/mol. The second kappa shape index (κ2) is 9.46. The monoisotopic (exact) mass is 423 g/mol. The van der Waals surface area contributed by atoms with Gasteiger partial charge in [-0.2, -0.15) is 0 Å². The lowest BCUT2D eigenvalue weighted by molar-refractivity contribution is -0.149. The van der Waals surface area contributed by atoms with E-state index in [1.165, 1.54) is 20.1 Å². The Morgan fingerprint density at radius 2 is 1.93 bits per heavy atom. The first-order valence-electron chi connectivity index (χ1n) is 8.65. The molecule has 0 aromatic heterocycles. The first-order chi connectivity index (χ1) is 13.6. The smallest absolute Gasteiger partial charge is 0.344 e. The molecule has 0 unspecified atom stereocenters. The Balaban J connectivity index is 2.32. The number of imide groups is 1. The van der Waals surface area contributed by atoms with Gasteiger partial charge in [0.15, 0.2) is 17.6 Å². The number of nitrogens with zero attached hydrogens (tertiary/aromatic N) is 1. The van der Waals surface area contributed by atoms with E-state index in [1.807, 2.05) is 0 Å². The van der Waals surface area contributed by atoms with Crippen LogP contribution in [0.2, 0.25) is 0 Å². The number of thioether (sulfide) groups is 1. The summed E-state index contributed by atoms with van der Waals surface area (Å²) in [6.07, 6.45) is -0.143. The standard InChI is InChI=1S/C19H21NO8S/c1-10(2)27-15(21)9-20-17(22)14(29-19(20)25)8-12-6-5-7-13(26-4)16(12)28-11(3)18(23)24/h5-8,10-11H,9H2,1-4H3,(H,23,24)/b14-8+/t11-/m0/s1. The summed E-state index contributed by atoms with van der Waals surface area (Å²) in [5, 5.41) is 8.50. The number of benzene rings is 1. The lowest BCUT2D eigenvalue weighted by atomic mass is 10.1. The average Bonchev–Trinajstić information content (AvgIpc) is 2.89. The second-order valence-corrected chi connectivity index (χ2v) is 7.28. The fourth-order valence-corrected chi connectivity index (χ4v) is 3.20. The Bertz CT molecular complexity index is 864. The highest BCUT2D eigenvalue weighted by Gasteiger charge is 2.37. The van der Waals surface area contributed by atoms with Crippen LogP contribution in [0.4, 0.5) is 4.79 Å². The van der Waals surface area contributed by atoms with Gasteiger partial charge in [-0.1, -0.05) is 12.1 Å². The number of rotatable bonds is 8. The zero-order valence-electron chi connectivity index (χ0n) is 16.3. The van der Waals surface area contributed by atoms with Crippen molar-refractivity contribution < 1.29 is 38.5 Å². The SMILES string of the molecule is COc1cccc(/C=C2/SC(=O)N(CC(=O)OC(C)C)C2=O)c1O[C@@H](C)C(=O)O. The summed E-state index contributed by atoms with van der Waals surface area (Å²) in [7, 11) is 1.39. The zero-order valence-corrected chi connectivity index (χ0v) is 17.1. The minimum absolute atomic E-state index is 0.0634. The van der Waals surface area contributed by atoms with E-state index < -0.39 is 35.7 Å². The van der Waals surface area contributed by atoms with Crippen molar-refractivity contribution in [2.45, 2.75) is 33.0 Å². The molecular weight excluding hydrogens is 402 g/mol. The number of carboxylic acids is 1. The third kappa shape index (κ3) is 5.50. The highest BCUT2D eigenvalue weighted by Crippen LogP contribution is 2.37. The molecule has 9 nitrogen and oxygen atoms in total. The lowest BCUT2D eigenvalue weighted by Gasteiger charge is -2.16. The molecule has 1 heterocycles. The first-order valence-corrected chi connectivity index (χ1v) is 9.47. The number of esters is 1. The highest BCUT2D eigenvalue weighted by atomic mass is 32.2. The van der Waals surface area contributed by atoms with Gasteiger partial charge >= 0.3 is 11.9 Å². The number of para-hydroxylation sites is 1. The van der Waals surface area contributed by atoms with Crippen LogP contribution in [0.25, 0.3) is 6.08 Å². The normalized spacial score (nSPS) is 16.3. The van der Waals surface area contributed by atoms with Crippen molar-refractivity contribution in [3.05, 3.63) is 28.7 Å². The molecule has 0 spiro atoms. The van der Waals surface area contributed by atoms with Crippen LogP contribution in [0.3, 0.4) is 0 Å². The Hall–Kier alpha value is -3.01. The predicted octanol–water partition coefficient (Wildman–Crippen LogP) is 2.54. The quantitative estimate of drug-likeness (QED) is 0.497. The molecule has 2 amide bonds. The van der Waals surface area contributed by atoms with Gasteiger partial charge in [-0.05, 0) is 44.7 Å². The molecule has 1 aliphatic heterocycles. The maximum atomic E-state index is 12.6. The molecule has 156 valence electrons. The topological polar surface area (TPSA) is 119 Å². The number of ether oxygens (including phenoxy) is 3. The molecule has 29 heavy (non-hydrogen) atoms. The number of hydrogen-bond donors (Lipinski definition) is 1. The van der Waals surface area contributed by atoms with E-state index in [4.69, 9.17) is 19.3 Å². The van der Waals surface area contributed by atoms with Crippen molar-refractivity contribution in [1.29, 1.82) is 0 Å². The van der Waals surface area contributed by atoms with Crippen molar-refractivity contribution in [3.8, 4) is 11.5 Å². The average molecular weight is 423 g/mol. The van der Waals surface area contributed by atoms with Crippen LogP contribution < -0.4 is 9.47 Å². The van der Waals surface area contributed by atoms with Gasteiger partial charge in [-0.25, -0.2) is 4.79 Å². The van der Waals surface area contributed by atoms with E-state index in [-0.39, 0.29) is 22.5 Å². The van der Waals surface area contributed by atoms with Gasteiger partial charge < -0.3 is 19.3 Å². The molecule has 0 aliphatic carbocycles. The summed E-state index contributed by atoms with van der Waals surface area (Å²) in [5.74, 6) is -2.13. The molecule has 1 N–H and O–H groups in total. The van der Waals surface area contributed by atoms with Crippen LogP contribution in [0.15, 0.2) is 23.1 Å². The molecule has 1 aromatic carbocycles. The van der Waals surface area contributed by atoms with Crippen LogP contribution in [-0.2, 0) is 19.1 Å². The Morgan fingerprint density at radius 3 is 2.52 bits per heavy atom. The van der Waals surface area contributed by atoms with Crippen molar-refractivity contribution >= 4 is 40.9 Å². The Kier molecular flexibility index (Phi) is 7.27. The van der Waals surface area contributed by atoms with Crippen molar-refractivity contribution in [2.75, 3.05) is 13.7 Å². The fourth-order valence-electron chi connectivity index (χ4n) is 2.37. The van der Waals surface area contributed by atoms with Crippen molar-refractivity contribution in [2.24, 2.45) is 0 Å². The van der Waals surface area contributed by atoms with Crippen LogP contribution in [0, 0.1) is 0 Å². The summed E-state index contributed by atoms with van der Waals surface area (Å²) in [4.78, 5) is 48.5. The Morgan fingerprint density at radius 1 is 1.24 bits per heavy atom. The van der Waals surface area contributed by atoms with E-state index in [1.54, 1.807) is 32.0 Å². The Labute approximate surface area is 171 Å². The third-order valence-electron chi connectivity index (χ3n) is 3.69. The van der Waals surface area contributed by atoms with Gasteiger partial charge in [0.1, 0.15) is 6.54 Å². The number of aliphatic carboxylic acids is 1. The largest absolute Gasteiger partial charge is 0.493 e. The molecule has 0 bridgehead atoms. The second-order valence-electron chi connectivity index (χ2n) is 6.28. The molecule has 2 rings (SSSR count). The van der Waals surface area contributed by atoms with E-state index in [2.05, 4.69) is 0 Å². The van der Waals surface area contributed by atoms with Gasteiger partial charge in [0.25, 0.3) is 11.1 Å². The van der Waals surface area contributed by atoms with Crippen LogP contribution in [0.5, 0.6) is 11.5 Å². The number of carbonyl (C=O) groups excluding carboxylic acids is 3. The minimum atomic E-state index is -1.18. The minimum Gasteiger partial charge on any atom is -0.493 e.